The number of pyridine rings is 1. The fraction of sp³-hybridized carbons (Fsp3) is 0.600. The van der Waals surface area contributed by atoms with E-state index in [1.54, 1.807) is 0 Å². The number of nitrogens with one attached hydrogen (secondary N) is 1. The van der Waals surface area contributed by atoms with Gasteiger partial charge in [-0.05, 0) is 26.6 Å². The number of rotatable bonds is 6. The summed E-state index contributed by atoms with van der Waals surface area (Å²) in [5, 5.41) is 7.43. The van der Waals surface area contributed by atoms with Crippen LogP contribution in [0.2, 0.25) is 0 Å². The molecule has 0 aromatic carbocycles. The van der Waals surface area contributed by atoms with Gasteiger partial charge in [0, 0.05) is 55.1 Å². The second-order valence-corrected chi connectivity index (χ2v) is 8.50. The molecule has 6 nitrogen and oxygen atoms in total. The minimum Gasteiger partial charge on any atom is -0.489 e. The van der Waals surface area contributed by atoms with Crippen LogP contribution in [0.4, 0.5) is 0 Å². The summed E-state index contributed by atoms with van der Waals surface area (Å²) in [6.45, 7) is 10.4. The number of aromatic amines is 1. The van der Waals surface area contributed by atoms with Crippen LogP contribution in [0.15, 0.2) is 24.5 Å². The van der Waals surface area contributed by atoms with Crippen molar-refractivity contribution in [3.05, 3.63) is 41.5 Å². The molecule has 0 radical (unpaired) electrons. The number of hydrogen-bond donors (Lipinski definition) is 1. The molecule has 26 heavy (non-hydrogen) atoms. The van der Waals surface area contributed by atoms with Crippen LogP contribution in [0.25, 0.3) is 0 Å². The van der Waals surface area contributed by atoms with E-state index in [4.69, 9.17) is 4.74 Å². The SMILES string of the molecule is CN(C)Cc1cc(OC2CCN(Cc3cn[nH]c3C(C)(C)C)C2)ccn1. The molecule has 3 rings (SSSR count). The summed E-state index contributed by atoms with van der Waals surface area (Å²) in [5.74, 6) is 0.919. The molecular formula is C20H31N5O. The Hall–Kier alpha value is -1.92. The smallest absolute Gasteiger partial charge is 0.123 e. The number of nitrogens with zero attached hydrogens (tertiary/aromatic N) is 4. The Kier molecular flexibility index (Phi) is 5.63. The van der Waals surface area contributed by atoms with E-state index in [-0.39, 0.29) is 11.5 Å². The summed E-state index contributed by atoms with van der Waals surface area (Å²) in [6, 6.07) is 4.01. The monoisotopic (exact) mass is 357 g/mol. The molecule has 6 heteroatoms. The summed E-state index contributed by atoms with van der Waals surface area (Å²) in [6.07, 6.45) is 5.08. The van der Waals surface area contributed by atoms with Crippen LogP contribution >= 0.6 is 0 Å². The van der Waals surface area contributed by atoms with Crippen LogP contribution in [-0.4, -0.2) is 58.3 Å². The average Bonchev–Trinajstić information content (AvgIpc) is 3.16. The maximum Gasteiger partial charge on any atom is 0.123 e. The molecule has 1 saturated heterocycles. The molecule has 1 unspecified atom stereocenters. The third-order valence-corrected chi connectivity index (χ3v) is 4.66. The lowest BCUT2D eigenvalue weighted by molar-refractivity contribution is 0.197. The van der Waals surface area contributed by atoms with E-state index in [2.05, 4.69) is 51.8 Å². The van der Waals surface area contributed by atoms with E-state index in [0.717, 1.165) is 44.0 Å². The van der Waals surface area contributed by atoms with Gasteiger partial charge in [0.05, 0.1) is 11.9 Å². The highest BCUT2D eigenvalue weighted by Gasteiger charge is 2.27. The number of ether oxygens (including phenoxy) is 1. The molecule has 1 atom stereocenters. The number of hydrogen-bond acceptors (Lipinski definition) is 5. The van der Waals surface area contributed by atoms with E-state index in [1.165, 1.54) is 11.3 Å². The Balaban J connectivity index is 1.57. The highest BCUT2D eigenvalue weighted by atomic mass is 16.5. The standard InChI is InChI=1S/C20H31N5O/c1-20(2,3)19-15(11-22-23-19)12-25-9-7-18(14-25)26-17-6-8-21-16(10-17)13-24(4)5/h6,8,10-11,18H,7,9,12-14H2,1-5H3,(H,22,23). The number of H-pyrrole nitrogens is 1. The molecule has 142 valence electrons. The zero-order valence-electron chi connectivity index (χ0n) is 16.6. The van der Waals surface area contributed by atoms with Crippen LogP contribution < -0.4 is 4.74 Å². The average molecular weight is 358 g/mol. The Morgan fingerprint density at radius 1 is 1.35 bits per heavy atom. The van der Waals surface area contributed by atoms with Crippen molar-refractivity contribution < 1.29 is 4.74 Å². The molecule has 1 fully saturated rings. The van der Waals surface area contributed by atoms with Crippen molar-refractivity contribution in [3.8, 4) is 5.75 Å². The van der Waals surface area contributed by atoms with Gasteiger partial charge in [-0.2, -0.15) is 5.10 Å². The zero-order valence-corrected chi connectivity index (χ0v) is 16.6. The predicted molar refractivity (Wildman–Crippen MR) is 103 cm³/mol. The largest absolute Gasteiger partial charge is 0.489 e. The Morgan fingerprint density at radius 2 is 2.15 bits per heavy atom. The first-order valence-corrected chi connectivity index (χ1v) is 9.32. The Morgan fingerprint density at radius 3 is 2.88 bits per heavy atom. The van der Waals surface area contributed by atoms with Gasteiger partial charge in [-0.15, -0.1) is 0 Å². The summed E-state index contributed by atoms with van der Waals surface area (Å²) in [7, 11) is 4.09. The van der Waals surface area contributed by atoms with E-state index in [1.807, 2.05) is 32.6 Å². The normalized spacial score (nSPS) is 18.6. The summed E-state index contributed by atoms with van der Waals surface area (Å²) in [4.78, 5) is 8.97. The van der Waals surface area contributed by atoms with Crippen LogP contribution in [0.5, 0.6) is 5.75 Å². The fourth-order valence-electron chi connectivity index (χ4n) is 3.49. The van der Waals surface area contributed by atoms with Crippen LogP contribution in [0, 0.1) is 0 Å². The van der Waals surface area contributed by atoms with Gasteiger partial charge in [-0.3, -0.25) is 15.0 Å². The third-order valence-electron chi connectivity index (χ3n) is 4.66. The van der Waals surface area contributed by atoms with E-state index >= 15 is 0 Å². The fourth-order valence-corrected chi connectivity index (χ4v) is 3.49. The first kappa shape index (κ1) is 18.9. The summed E-state index contributed by atoms with van der Waals surface area (Å²) in [5.41, 5.74) is 3.64. The maximum absolute atomic E-state index is 6.22. The number of likely N-dealkylation sites (tertiary alicyclic amines) is 1. The van der Waals surface area contributed by atoms with Crippen molar-refractivity contribution in [1.82, 2.24) is 25.0 Å². The first-order chi connectivity index (χ1) is 12.3. The molecular weight excluding hydrogens is 326 g/mol. The maximum atomic E-state index is 6.22. The molecule has 3 heterocycles. The van der Waals surface area contributed by atoms with Crippen molar-refractivity contribution in [1.29, 1.82) is 0 Å². The lowest BCUT2D eigenvalue weighted by atomic mass is 9.89. The quantitative estimate of drug-likeness (QED) is 0.861. The number of aromatic nitrogens is 3. The van der Waals surface area contributed by atoms with Crippen molar-refractivity contribution in [2.75, 3.05) is 27.2 Å². The Labute approximate surface area is 156 Å². The topological polar surface area (TPSA) is 57.3 Å². The first-order valence-electron chi connectivity index (χ1n) is 9.32. The van der Waals surface area contributed by atoms with E-state index in [9.17, 15) is 0 Å². The zero-order chi connectivity index (χ0) is 18.7. The van der Waals surface area contributed by atoms with Gasteiger partial charge in [0.25, 0.3) is 0 Å². The van der Waals surface area contributed by atoms with Crippen molar-refractivity contribution in [2.24, 2.45) is 0 Å². The van der Waals surface area contributed by atoms with Gasteiger partial charge in [-0.1, -0.05) is 20.8 Å². The van der Waals surface area contributed by atoms with Gasteiger partial charge < -0.3 is 9.64 Å². The van der Waals surface area contributed by atoms with Gasteiger partial charge in [0.2, 0.25) is 0 Å². The van der Waals surface area contributed by atoms with Crippen molar-refractivity contribution >= 4 is 0 Å². The molecule has 2 aromatic heterocycles. The lowest BCUT2D eigenvalue weighted by Gasteiger charge is -2.21. The predicted octanol–water partition coefficient (Wildman–Crippen LogP) is 2.82. The lowest BCUT2D eigenvalue weighted by Crippen LogP contribution is -2.26. The highest BCUT2D eigenvalue weighted by molar-refractivity contribution is 5.24. The van der Waals surface area contributed by atoms with Gasteiger partial charge in [0.15, 0.2) is 0 Å². The third kappa shape index (κ3) is 4.83. The second-order valence-electron chi connectivity index (χ2n) is 8.50. The molecule has 2 aromatic rings. The minimum atomic E-state index is 0.0847. The van der Waals surface area contributed by atoms with Crippen molar-refractivity contribution in [2.45, 2.75) is 51.8 Å². The van der Waals surface area contributed by atoms with Crippen LogP contribution in [0.3, 0.4) is 0 Å². The molecule has 0 spiro atoms. The van der Waals surface area contributed by atoms with Crippen molar-refractivity contribution in [3.63, 3.8) is 0 Å². The van der Waals surface area contributed by atoms with Crippen LogP contribution in [0.1, 0.15) is 44.1 Å². The molecule has 0 amide bonds. The molecule has 0 aliphatic carbocycles. The molecule has 1 aliphatic rings. The second kappa shape index (κ2) is 7.76. The summed E-state index contributed by atoms with van der Waals surface area (Å²) < 4.78 is 6.22. The van der Waals surface area contributed by atoms with Gasteiger partial charge in [0.1, 0.15) is 11.9 Å². The van der Waals surface area contributed by atoms with Crippen LogP contribution in [-0.2, 0) is 18.5 Å². The minimum absolute atomic E-state index is 0.0847. The van der Waals surface area contributed by atoms with Gasteiger partial charge >= 0.3 is 0 Å². The molecule has 1 aliphatic heterocycles. The molecule has 0 bridgehead atoms. The summed E-state index contributed by atoms with van der Waals surface area (Å²) >= 11 is 0. The molecule has 0 saturated carbocycles. The van der Waals surface area contributed by atoms with Gasteiger partial charge in [-0.25, -0.2) is 0 Å². The Bertz CT molecular complexity index is 719. The van der Waals surface area contributed by atoms with E-state index < -0.39 is 0 Å². The molecule has 1 N–H and O–H groups in total. The van der Waals surface area contributed by atoms with E-state index in [0.29, 0.717) is 0 Å². The highest BCUT2D eigenvalue weighted by Crippen LogP contribution is 2.26.